The number of rotatable bonds is 9. The molecule has 0 fully saturated rings. The van der Waals surface area contributed by atoms with Crippen molar-refractivity contribution < 1.29 is 4.74 Å². The van der Waals surface area contributed by atoms with E-state index in [9.17, 15) is 5.26 Å². The summed E-state index contributed by atoms with van der Waals surface area (Å²) in [7, 11) is 0. The van der Waals surface area contributed by atoms with Crippen LogP contribution in [0.3, 0.4) is 0 Å². The fraction of sp³-hybridized carbons (Fsp3) is 0.611. The molecule has 3 nitrogen and oxygen atoms in total. The number of benzene rings is 1. The normalized spacial score (nSPS) is 13.7. The number of hydrogen-bond acceptors (Lipinski definition) is 3. The fourth-order valence-electron chi connectivity index (χ4n) is 2.46. The molecule has 0 aliphatic carbocycles. The first-order chi connectivity index (χ1) is 10.0. The van der Waals surface area contributed by atoms with Gasteiger partial charge in [-0.25, -0.2) is 0 Å². The van der Waals surface area contributed by atoms with Crippen molar-refractivity contribution in [3.63, 3.8) is 0 Å². The van der Waals surface area contributed by atoms with E-state index in [0.717, 1.165) is 31.4 Å². The summed E-state index contributed by atoms with van der Waals surface area (Å²) < 4.78 is 5.76. The van der Waals surface area contributed by atoms with E-state index in [0.29, 0.717) is 12.6 Å². The maximum absolute atomic E-state index is 9.45. The molecule has 21 heavy (non-hydrogen) atoms. The minimum atomic E-state index is -0.427. The lowest BCUT2D eigenvalue weighted by Gasteiger charge is -2.29. The van der Waals surface area contributed by atoms with E-state index in [1.807, 2.05) is 12.1 Å². The van der Waals surface area contributed by atoms with Gasteiger partial charge in [0, 0.05) is 6.04 Å². The summed E-state index contributed by atoms with van der Waals surface area (Å²) in [6.45, 7) is 9.00. The van der Waals surface area contributed by atoms with Crippen molar-refractivity contribution in [2.75, 3.05) is 6.61 Å². The monoisotopic (exact) mass is 288 g/mol. The maximum atomic E-state index is 9.45. The van der Waals surface area contributed by atoms with Gasteiger partial charge in [-0.2, -0.15) is 5.26 Å². The maximum Gasteiger partial charge on any atom is 0.119 e. The molecule has 0 aromatic heterocycles. The van der Waals surface area contributed by atoms with Gasteiger partial charge < -0.3 is 4.74 Å². The Bertz CT molecular complexity index is 447. The molecule has 0 aliphatic rings. The Morgan fingerprint density at radius 3 is 2.38 bits per heavy atom. The molecular formula is C18H28N2O. The third-order valence-corrected chi connectivity index (χ3v) is 3.73. The van der Waals surface area contributed by atoms with E-state index in [-0.39, 0.29) is 0 Å². The average molecular weight is 288 g/mol. The first-order valence-corrected chi connectivity index (χ1v) is 7.96. The number of nitrogens with one attached hydrogen (secondary N) is 1. The highest BCUT2D eigenvalue weighted by atomic mass is 16.5. The topological polar surface area (TPSA) is 45.0 Å². The fourth-order valence-corrected chi connectivity index (χ4v) is 2.46. The summed E-state index contributed by atoms with van der Waals surface area (Å²) in [5.74, 6) is 0.906. The lowest BCUT2D eigenvalue weighted by molar-refractivity contribution is 0.269. The van der Waals surface area contributed by atoms with E-state index in [2.05, 4.69) is 51.2 Å². The predicted octanol–water partition coefficient (Wildman–Crippen LogP) is 4.08. The van der Waals surface area contributed by atoms with Gasteiger partial charge in [0.2, 0.25) is 0 Å². The van der Waals surface area contributed by atoms with E-state index in [1.165, 1.54) is 5.56 Å². The van der Waals surface area contributed by atoms with Crippen molar-refractivity contribution in [1.29, 1.82) is 5.26 Å². The molecule has 1 N–H and O–H groups in total. The second-order valence-corrected chi connectivity index (χ2v) is 5.80. The summed E-state index contributed by atoms with van der Waals surface area (Å²) in [5, 5.41) is 12.8. The van der Waals surface area contributed by atoms with Crippen LogP contribution in [0.15, 0.2) is 24.3 Å². The van der Waals surface area contributed by atoms with E-state index >= 15 is 0 Å². The summed E-state index contributed by atoms with van der Waals surface area (Å²) in [6, 6.07) is 11.0. The molecule has 0 saturated carbocycles. The van der Waals surface area contributed by atoms with Crippen LogP contribution in [0.4, 0.5) is 0 Å². The zero-order chi connectivity index (χ0) is 15.7. The molecule has 1 aromatic carbocycles. The molecule has 1 rings (SSSR count). The number of nitriles is 1. The molecule has 1 aromatic rings. The van der Waals surface area contributed by atoms with Crippen LogP contribution < -0.4 is 10.1 Å². The molecule has 0 bridgehead atoms. The smallest absolute Gasteiger partial charge is 0.119 e. The Labute approximate surface area is 129 Å². The highest BCUT2D eigenvalue weighted by Crippen LogP contribution is 2.19. The predicted molar refractivity (Wildman–Crippen MR) is 87.5 cm³/mol. The van der Waals surface area contributed by atoms with Gasteiger partial charge in [-0.3, -0.25) is 5.32 Å². The molecule has 116 valence electrons. The summed E-state index contributed by atoms with van der Waals surface area (Å²) >= 11 is 0. The second kappa shape index (κ2) is 8.69. The minimum absolute atomic E-state index is 0.312. The zero-order valence-electron chi connectivity index (χ0n) is 13.8. The summed E-state index contributed by atoms with van der Waals surface area (Å²) in [5.41, 5.74) is 0.891. The van der Waals surface area contributed by atoms with Gasteiger partial charge in [-0.1, -0.05) is 26.0 Å². The first kappa shape index (κ1) is 17.5. The third kappa shape index (κ3) is 5.77. The molecule has 0 heterocycles. The van der Waals surface area contributed by atoms with Crippen LogP contribution in [0.2, 0.25) is 0 Å². The molecule has 1 atom stereocenters. The standard InChI is InChI=1S/C18H28N2O/c1-5-16-8-10-17(11-9-16)21-13-7-12-18(6-2,14-19)20-15(3)4/h8-11,15,20H,5-7,12-13H2,1-4H3. The quantitative estimate of drug-likeness (QED) is 0.696. The van der Waals surface area contributed by atoms with Gasteiger partial charge in [0.05, 0.1) is 12.7 Å². The van der Waals surface area contributed by atoms with Crippen molar-refractivity contribution in [1.82, 2.24) is 5.32 Å². The van der Waals surface area contributed by atoms with Crippen molar-refractivity contribution in [3.8, 4) is 11.8 Å². The van der Waals surface area contributed by atoms with Gasteiger partial charge in [-0.15, -0.1) is 0 Å². The summed E-state index contributed by atoms with van der Waals surface area (Å²) in [6.07, 6.45) is 3.54. The van der Waals surface area contributed by atoms with Gasteiger partial charge in [-0.05, 0) is 57.2 Å². The average Bonchev–Trinajstić information content (AvgIpc) is 2.50. The van der Waals surface area contributed by atoms with Crippen molar-refractivity contribution in [2.24, 2.45) is 0 Å². The number of aryl methyl sites for hydroxylation is 1. The second-order valence-electron chi connectivity index (χ2n) is 5.80. The van der Waals surface area contributed by atoms with Crippen molar-refractivity contribution in [2.45, 2.75) is 65.0 Å². The molecular weight excluding hydrogens is 260 g/mol. The van der Waals surface area contributed by atoms with Gasteiger partial charge >= 0.3 is 0 Å². The zero-order valence-corrected chi connectivity index (χ0v) is 13.8. The van der Waals surface area contributed by atoms with Gasteiger partial charge in [0.1, 0.15) is 11.3 Å². The summed E-state index contributed by atoms with van der Waals surface area (Å²) in [4.78, 5) is 0. The minimum Gasteiger partial charge on any atom is -0.494 e. The molecule has 3 heteroatoms. The molecule has 0 spiro atoms. The Hall–Kier alpha value is -1.53. The van der Waals surface area contributed by atoms with E-state index < -0.39 is 5.54 Å². The lowest BCUT2D eigenvalue weighted by Crippen LogP contribution is -2.47. The van der Waals surface area contributed by atoms with Crippen LogP contribution in [0, 0.1) is 11.3 Å². The molecule has 1 unspecified atom stereocenters. The SMILES string of the molecule is CCc1ccc(OCCCC(C#N)(CC)NC(C)C)cc1. The Morgan fingerprint density at radius 2 is 1.90 bits per heavy atom. The van der Waals surface area contributed by atoms with Crippen molar-refractivity contribution in [3.05, 3.63) is 29.8 Å². The molecule has 0 aliphatic heterocycles. The van der Waals surface area contributed by atoms with Gasteiger partial charge in [0.25, 0.3) is 0 Å². The van der Waals surface area contributed by atoms with Crippen LogP contribution >= 0.6 is 0 Å². The Balaban J connectivity index is 2.42. The van der Waals surface area contributed by atoms with Crippen LogP contribution in [0.5, 0.6) is 5.75 Å². The third-order valence-electron chi connectivity index (χ3n) is 3.73. The highest BCUT2D eigenvalue weighted by Gasteiger charge is 2.27. The van der Waals surface area contributed by atoms with Crippen LogP contribution in [-0.2, 0) is 6.42 Å². The number of nitrogens with zero attached hydrogens (tertiary/aromatic N) is 1. The van der Waals surface area contributed by atoms with Crippen molar-refractivity contribution >= 4 is 0 Å². The lowest BCUT2D eigenvalue weighted by atomic mass is 9.91. The Morgan fingerprint density at radius 1 is 1.24 bits per heavy atom. The van der Waals surface area contributed by atoms with E-state index in [4.69, 9.17) is 4.74 Å². The van der Waals surface area contributed by atoms with Gasteiger partial charge in [0.15, 0.2) is 0 Å². The van der Waals surface area contributed by atoms with Crippen LogP contribution in [-0.4, -0.2) is 18.2 Å². The molecule has 0 radical (unpaired) electrons. The van der Waals surface area contributed by atoms with Crippen LogP contribution in [0.25, 0.3) is 0 Å². The largest absolute Gasteiger partial charge is 0.494 e. The molecule has 0 saturated heterocycles. The highest BCUT2D eigenvalue weighted by molar-refractivity contribution is 5.27. The van der Waals surface area contributed by atoms with Crippen LogP contribution in [0.1, 0.15) is 52.5 Å². The first-order valence-electron chi connectivity index (χ1n) is 7.96. The number of ether oxygens (including phenoxy) is 1. The Kier molecular flexibility index (Phi) is 7.25. The van der Waals surface area contributed by atoms with E-state index in [1.54, 1.807) is 0 Å². The molecule has 0 amide bonds. The number of hydrogen-bond donors (Lipinski definition) is 1.